The fourth-order valence-corrected chi connectivity index (χ4v) is 5.24. The van der Waals surface area contributed by atoms with Gasteiger partial charge in [-0.15, -0.1) is 0 Å². The first-order valence-electron chi connectivity index (χ1n) is 10.6. The van der Waals surface area contributed by atoms with E-state index < -0.39 is 27.1 Å². The second kappa shape index (κ2) is 11.0. The molecule has 1 saturated heterocycles. The molecule has 1 fully saturated rings. The highest BCUT2D eigenvalue weighted by Crippen LogP contribution is 2.26. The Bertz CT molecular complexity index is 1010. The van der Waals surface area contributed by atoms with E-state index in [-0.39, 0.29) is 17.7 Å². The van der Waals surface area contributed by atoms with Crippen LogP contribution in [0.5, 0.6) is 0 Å². The number of ether oxygens (including phenoxy) is 1. The van der Waals surface area contributed by atoms with Gasteiger partial charge in [-0.1, -0.05) is 36.4 Å². The average Bonchev–Trinajstić information content (AvgIpc) is 2.79. The van der Waals surface area contributed by atoms with E-state index in [0.717, 1.165) is 32.2 Å². The van der Waals surface area contributed by atoms with E-state index in [2.05, 4.69) is 26.3 Å². The minimum Gasteiger partial charge on any atom is -0.465 e. The van der Waals surface area contributed by atoms with Gasteiger partial charge in [0.2, 0.25) is 10.0 Å². The summed E-state index contributed by atoms with van der Waals surface area (Å²) in [7, 11) is -0.483. The summed E-state index contributed by atoms with van der Waals surface area (Å²) >= 11 is 0. The quantitative estimate of drug-likeness (QED) is 0.576. The Morgan fingerprint density at radius 2 is 1.81 bits per heavy atom. The normalized spacial score (nSPS) is 16.6. The molecule has 3 rings (SSSR count). The van der Waals surface area contributed by atoms with Gasteiger partial charge in [-0.2, -0.15) is 0 Å². The number of esters is 1. The molecule has 32 heavy (non-hydrogen) atoms. The smallest absolute Gasteiger partial charge is 0.337 e. The molecule has 0 radical (unpaired) electrons. The van der Waals surface area contributed by atoms with Crippen LogP contribution in [0.15, 0.2) is 48.5 Å². The molecule has 0 saturated carbocycles. The molecule has 1 aliphatic rings. The Labute approximate surface area is 189 Å². The van der Waals surface area contributed by atoms with Crippen molar-refractivity contribution in [3.8, 4) is 0 Å². The highest BCUT2D eigenvalue weighted by Gasteiger charge is 2.28. The number of carbonyl (C=O) groups is 1. The number of carbonyl (C=O) groups excluding carboxylic acids is 1. The number of likely N-dealkylation sites (N-methyl/N-ethyl adjacent to an activating group) is 1. The predicted octanol–water partition coefficient (Wildman–Crippen LogP) is 2.41. The third-order valence-electron chi connectivity index (χ3n) is 5.79. The molecule has 0 amide bonds. The number of rotatable bonds is 9. The van der Waals surface area contributed by atoms with Crippen LogP contribution in [0, 0.1) is 5.82 Å². The van der Waals surface area contributed by atoms with Crippen molar-refractivity contribution in [2.45, 2.75) is 18.2 Å². The Hall–Kier alpha value is -2.33. The van der Waals surface area contributed by atoms with Crippen molar-refractivity contribution < 1.29 is 22.3 Å². The van der Waals surface area contributed by atoms with Crippen LogP contribution in [0.1, 0.15) is 33.2 Å². The largest absolute Gasteiger partial charge is 0.465 e. The van der Waals surface area contributed by atoms with E-state index in [0.29, 0.717) is 18.5 Å². The molecule has 2 aromatic rings. The third-order valence-corrected chi connectivity index (χ3v) is 7.59. The zero-order valence-corrected chi connectivity index (χ0v) is 19.3. The van der Waals surface area contributed by atoms with Crippen molar-refractivity contribution in [3.63, 3.8) is 0 Å². The summed E-state index contributed by atoms with van der Waals surface area (Å²) < 4.78 is 48.0. The second-order valence-electron chi connectivity index (χ2n) is 8.00. The van der Waals surface area contributed by atoms with Crippen LogP contribution in [-0.4, -0.2) is 71.1 Å². The molecule has 0 spiro atoms. The Kier molecular flexibility index (Phi) is 8.36. The van der Waals surface area contributed by atoms with Gasteiger partial charge in [0.1, 0.15) is 11.1 Å². The summed E-state index contributed by atoms with van der Waals surface area (Å²) in [5.74, 6) is -1.31. The SMILES string of the molecule is COC(=O)c1ccc(CNS(=O)(=O)C(CCN2CCN(C)CC2)c2ccccc2)c(F)c1. The number of nitrogens with zero attached hydrogens (tertiary/aromatic N) is 2. The summed E-state index contributed by atoms with van der Waals surface area (Å²) in [6.07, 6.45) is 0.437. The van der Waals surface area contributed by atoms with Crippen molar-refractivity contribution >= 4 is 16.0 Å². The molecule has 9 heteroatoms. The highest BCUT2D eigenvalue weighted by molar-refractivity contribution is 7.89. The first-order chi connectivity index (χ1) is 15.3. The molecule has 2 aromatic carbocycles. The van der Waals surface area contributed by atoms with E-state index in [1.165, 1.54) is 19.2 Å². The molecule has 1 unspecified atom stereocenters. The number of nitrogens with one attached hydrogen (secondary N) is 1. The van der Waals surface area contributed by atoms with E-state index in [1.807, 2.05) is 18.2 Å². The van der Waals surface area contributed by atoms with Crippen LogP contribution in [0.2, 0.25) is 0 Å². The number of sulfonamides is 1. The molecule has 7 nitrogen and oxygen atoms in total. The number of benzene rings is 2. The monoisotopic (exact) mass is 463 g/mol. The molecule has 1 aliphatic heterocycles. The predicted molar refractivity (Wildman–Crippen MR) is 121 cm³/mol. The molecule has 174 valence electrons. The van der Waals surface area contributed by atoms with Crippen LogP contribution in [0.3, 0.4) is 0 Å². The van der Waals surface area contributed by atoms with Crippen LogP contribution < -0.4 is 4.72 Å². The maximum Gasteiger partial charge on any atom is 0.337 e. The highest BCUT2D eigenvalue weighted by atomic mass is 32.2. The van der Waals surface area contributed by atoms with E-state index in [1.54, 1.807) is 12.1 Å². The zero-order valence-electron chi connectivity index (χ0n) is 18.5. The van der Waals surface area contributed by atoms with Crippen molar-refractivity contribution in [2.24, 2.45) is 0 Å². The van der Waals surface area contributed by atoms with Crippen molar-refractivity contribution in [1.82, 2.24) is 14.5 Å². The van der Waals surface area contributed by atoms with Crippen LogP contribution in [-0.2, 0) is 21.3 Å². The van der Waals surface area contributed by atoms with Gasteiger partial charge in [0, 0.05) is 38.3 Å². The number of hydrogen-bond acceptors (Lipinski definition) is 6. The summed E-state index contributed by atoms with van der Waals surface area (Å²) in [4.78, 5) is 16.1. The average molecular weight is 464 g/mol. The second-order valence-corrected chi connectivity index (χ2v) is 9.94. The lowest BCUT2D eigenvalue weighted by Crippen LogP contribution is -2.45. The van der Waals surface area contributed by atoms with Gasteiger partial charge in [-0.05, 0) is 37.7 Å². The Morgan fingerprint density at radius 3 is 2.44 bits per heavy atom. The van der Waals surface area contributed by atoms with E-state index in [9.17, 15) is 17.6 Å². The molecule has 1 N–H and O–H groups in total. The van der Waals surface area contributed by atoms with Crippen molar-refractivity contribution in [3.05, 3.63) is 71.0 Å². The van der Waals surface area contributed by atoms with E-state index >= 15 is 0 Å². The molecule has 0 aliphatic carbocycles. The van der Waals surface area contributed by atoms with Gasteiger partial charge in [-0.25, -0.2) is 22.3 Å². The fraction of sp³-hybridized carbons (Fsp3) is 0.435. The number of piperazine rings is 1. The molecule has 1 heterocycles. The van der Waals surface area contributed by atoms with Gasteiger partial charge in [0.05, 0.1) is 12.7 Å². The summed E-state index contributed by atoms with van der Waals surface area (Å²) in [5, 5.41) is -0.749. The van der Waals surface area contributed by atoms with Crippen molar-refractivity contribution in [2.75, 3.05) is 46.9 Å². The summed E-state index contributed by atoms with van der Waals surface area (Å²) in [6, 6.07) is 13.0. The first-order valence-corrected chi connectivity index (χ1v) is 12.2. The molecular formula is C23H30FN3O4S. The van der Waals surface area contributed by atoms with Crippen LogP contribution in [0.4, 0.5) is 4.39 Å². The number of methoxy groups -OCH3 is 1. The minimum absolute atomic E-state index is 0.0749. The van der Waals surface area contributed by atoms with Gasteiger partial charge in [0.15, 0.2) is 0 Å². The topological polar surface area (TPSA) is 78.9 Å². The van der Waals surface area contributed by atoms with Crippen LogP contribution in [0.25, 0.3) is 0 Å². The summed E-state index contributed by atoms with van der Waals surface area (Å²) in [5.41, 5.74) is 0.939. The minimum atomic E-state index is -3.78. The number of halogens is 1. The lowest BCUT2D eigenvalue weighted by molar-refractivity contribution is 0.0600. The first kappa shape index (κ1) is 24.3. The van der Waals surface area contributed by atoms with E-state index in [4.69, 9.17) is 0 Å². The van der Waals surface area contributed by atoms with Gasteiger partial charge in [-0.3, -0.25) is 0 Å². The molecule has 0 bridgehead atoms. The molecular weight excluding hydrogens is 433 g/mol. The Balaban J connectivity index is 1.71. The molecule has 1 atom stereocenters. The standard InChI is InChI=1S/C23H30FN3O4S/c1-26-12-14-27(15-13-26)11-10-22(18-6-4-3-5-7-18)32(29,30)25-17-20-9-8-19(16-21(20)24)23(28)31-2/h3-9,16,22,25H,10-15,17H2,1-2H3. The zero-order chi connectivity index (χ0) is 23.1. The lowest BCUT2D eigenvalue weighted by atomic mass is 10.1. The molecule has 0 aromatic heterocycles. The van der Waals surface area contributed by atoms with Gasteiger partial charge >= 0.3 is 5.97 Å². The van der Waals surface area contributed by atoms with Crippen LogP contribution >= 0.6 is 0 Å². The Morgan fingerprint density at radius 1 is 1.12 bits per heavy atom. The summed E-state index contributed by atoms with van der Waals surface area (Å²) in [6.45, 7) is 4.19. The lowest BCUT2D eigenvalue weighted by Gasteiger charge is -2.33. The number of hydrogen-bond donors (Lipinski definition) is 1. The van der Waals surface area contributed by atoms with Gasteiger partial charge < -0.3 is 14.5 Å². The maximum atomic E-state index is 14.4. The fourth-order valence-electron chi connectivity index (χ4n) is 3.75. The maximum absolute atomic E-state index is 14.4. The third kappa shape index (κ3) is 6.35. The van der Waals surface area contributed by atoms with Gasteiger partial charge in [0.25, 0.3) is 0 Å². The van der Waals surface area contributed by atoms with Crippen molar-refractivity contribution in [1.29, 1.82) is 0 Å².